The first-order chi connectivity index (χ1) is 11.7. The Balaban J connectivity index is 0.00000139. The molecule has 5 heteroatoms. The first kappa shape index (κ1) is 21.1. The number of ether oxygens (including phenoxy) is 1. The minimum absolute atomic E-state index is 0.244. The third-order valence-electron chi connectivity index (χ3n) is 4.10. The number of hydrogen-bond donors (Lipinski definition) is 2. The molecule has 1 heterocycles. The van der Waals surface area contributed by atoms with Gasteiger partial charge in [0.15, 0.2) is 0 Å². The fourth-order valence-electron chi connectivity index (χ4n) is 2.71. The van der Waals surface area contributed by atoms with Crippen LogP contribution in [0.4, 0.5) is 0 Å². The number of aliphatic hydroxyl groups excluding tert-OH is 1. The predicted octanol–water partition coefficient (Wildman–Crippen LogP) is 2.11. The molecule has 2 N–H and O–H groups in total. The molecule has 1 aromatic carbocycles. The second-order valence-corrected chi connectivity index (χ2v) is 6.23. The van der Waals surface area contributed by atoms with Gasteiger partial charge in [-0.25, -0.2) is 0 Å². The molecule has 2 unspecified atom stereocenters. The quantitative estimate of drug-likeness (QED) is 0.505. The summed E-state index contributed by atoms with van der Waals surface area (Å²) in [5.74, 6) is 0.691. The first-order valence-corrected chi connectivity index (χ1v) is 8.89. The Hall–Kier alpha value is -0.980. The molecule has 1 saturated heterocycles. The SMILES string of the molecule is CC(CCc1ccccc1)ON(C)CCNCC1CCOC1.CO. The fourth-order valence-corrected chi connectivity index (χ4v) is 2.71. The van der Waals surface area contributed by atoms with Gasteiger partial charge < -0.3 is 15.2 Å². The van der Waals surface area contributed by atoms with Crippen molar-refractivity contribution in [3.05, 3.63) is 35.9 Å². The van der Waals surface area contributed by atoms with Crippen molar-refractivity contribution in [1.29, 1.82) is 0 Å². The molecule has 1 fully saturated rings. The Bertz CT molecular complexity index is 397. The van der Waals surface area contributed by atoms with Crippen molar-refractivity contribution in [2.75, 3.05) is 47.0 Å². The van der Waals surface area contributed by atoms with Crippen LogP contribution < -0.4 is 5.32 Å². The average molecular weight is 338 g/mol. The van der Waals surface area contributed by atoms with E-state index in [1.807, 2.05) is 12.1 Å². The number of aliphatic hydroxyl groups is 1. The number of nitrogens with one attached hydrogen (secondary N) is 1. The highest BCUT2D eigenvalue weighted by molar-refractivity contribution is 5.14. The molecule has 24 heavy (non-hydrogen) atoms. The Morgan fingerprint density at radius 2 is 2.08 bits per heavy atom. The summed E-state index contributed by atoms with van der Waals surface area (Å²) in [5, 5.41) is 12.4. The lowest BCUT2D eigenvalue weighted by molar-refractivity contribution is -0.176. The normalized spacial score (nSPS) is 18.3. The van der Waals surface area contributed by atoms with E-state index in [-0.39, 0.29) is 6.10 Å². The van der Waals surface area contributed by atoms with Crippen LogP contribution in [0.1, 0.15) is 25.3 Å². The summed E-state index contributed by atoms with van der Waals surface area (Å²) in [6.07, 6.45) is 3.54. The topological polar surface area (TPSA) is 54.0 Å². The Morgan fingerprint density at radius 3 is 2.75 bits per heavy atom. The number of nitrogens with zero attached hydrogens (tertiary/aromatic N) is 1. The third kappa shape index (κ3) is 9.35. The van der Waals surface area contributed by atoms with Gasteiger partial charge in [-0.1, -0.05) is 30.3 Å². The molecule has 0 saturated carbocycles. The molecule has 0 bridgehead atoms. The van der Waals surface area contributed by atoms with E-state index in [1.165, 1.54) is 12.0 Å². The summed E-state index contributed by atoms with van der Waals surface area (Å²) in [5.41, 5.74) is 1.38. The van der Waals surface area contributed by atoms with Crippen molar-refractivity contribution < 1.29 is 14.7 Å². The number of likely N-dealkylation sites (N-methyl/N-ethyl adjacent to an activating group) is 1. The van der Waals surface area contributed by atoms with Gasteiger partial charge in [-0.15, -0.1) is 0 Å². The van der Waals surface area contributed by atoms with E-state index < -0.39 is 0 Å². The largest absolute Gasteiger partial charge is 0.400 e. The number of aryl methyl sites for hydroxylation is 1. The molecule has 0 spiro atoms. The zero-order valence-electron chi connectivity index (χ0n) is 15.4. The van der Waals surface area contributed by atoms with Crippen LogP contribution in [0.5, 0.6) is 0 Å². The molecule has 0 aliphatic carbocycles. The van der Waals surface area contributed by atoms with E-state index in [9.17, 15) is 0 Å². The van der Waals surface area contributed by atoms with Gasteiger partial charge in [-0.3, -0.25) is 4.84 Å². The molecule has 2 atom stereocenters. The molecule has 138 valence electrons. The lowest BCUT2D eigenvalue weighted by Crippen LogP contribution is -2.34. The molecular weight excluding hydrogens is 304 g/mol. The molecule has 1 aliphatic heterocycles. The van der Waals surface area contributed by atoms with Gasteiger partial charge in [0.25, 0.3) is 0 Å². The van der Waals surface area contributed by atoms with Crippen molar-refractivity contribution in [1.82, 2.24) is 10.4 Å². The van der Waals surface area contributed by atoms with Crippen molar-refractivity contribution in [3.63, 3.8) is 0 Å². The predicted molar refractivity (Wildman–Crippen MR) is 97.9 cm³/mol. The van der Waals surface area contributed by atoms with Crippen LogP contribution >= 0.6 is 0 Å². The van der Waals surface area contributed by atoms with E-state index in [1.54, 1.807) is 0 Å². The van der Waals surface area contributed by atoms with E-state index in [4.69, 9.17) is 14.7 Å². The summed E-state index contributed by atoms with van der Waals surface area (Å²) in [6.45, 7) is 6.89. The minimum Gasteiger partial charge on any atom is -0.400 e. The Labute approximate surface area is 146 Å². The zero-order chi connectivity index (χ0) is 17.6. The molecule has 0 aromatic heterocycles. The number of rotatable bonds is 10. The van der Waals surface area contributed by atoms with Crippen LogP contribution in [0.15, 0.2) is 30.3 Å². The Morgan fingerprint density at radius 1 is 1.33 bits per heavy atom. The number of hydroxylamine groups is 2. The highest BCUT2D eigenvalue weighted by Crippen LogP contribution is 2.10. The van der Waals surface area contributed by atoms with Crippen molar-refractivity contribution in [2.45, 2.75) is 32.3 Å². The smallest absolute Gasteiger partial charge is 0.0768 e. The summed E-state index contributed by atoms with van der Waals surface area (Å²) in [7, 11) is 3.01. The van der Waals surface area contributed by atoms with Gasteiger partial charge in [0, 0.05) is 40.4 Å². The van der Waals surface area contributed by atoms with Gasteiger partial charge in [0.2, 0.25) is 0 Å². The maximum absolute atomic E-state index is 7.00. The van der Waals surface area contributed by atoms with Gasteiger partial charge in [0.1, 0.15) is 0 Å². The minimum atomic E-state index is 0.244. The van der Waals surface area contributed by atoms with Gasteiger partial charge in [-0.05, 0) is 37.7 Å². The number of hydrogen-bond acceptors (Lipinski definition) is 5. The highest BCUT2D eigenvalue weighted by Gasteiger charge is 2.14. The molecular formula is C19H34N2O3. The summed E-state index contributed by atoms with van der Waals surface area (Å²) < 4.78 is 5.38. The summed E-state index contributed by atoms with van der Waals surface area (Å²) in [4.78, 5) is 5.91. The standard InChI is InChI=1S/C18H30N2O2.CH4O/c1-16(8-9-17-6-4-3-5-7-17)22-20(2)12-11-19-14-18-10-13-21-15-18;1-2/h3-7,16,18-19H,8-15H2,1-2H3;2H,1H3. The molecule has 0 amide bonds. The van der Waals surface area contributed by atoms with Gasteiger partial charge in [0.05, 0.1) is 12.7 Å². The maximum atomic E-state index is 7.00. The summed E-state index contributed by atoms with van der Waals surface area (Å²) >= 11 is 0. The Kier molecular flexibility index (Phi) is 11.7. The molecule has 1 aliphatic rings. The maximum Gasteiger partial charge on any atom is 0.0768 e. The monoisotopic (exact) mass is 338 g/mol. The van der Waals surface area contributed by atoms with Crippen molar-refractivity contribution in [2.24, 2.45) is 5.92 Å². The molecule has 0 radical (unpaired) electrons. The lowest BCUT2D eigenvalue weighted by atomic mass is 10.1. The fraction of sp³-hybridized carbons (Fsp3) is 0.684. The summed E-state index contributed by atoms with van der Waals surface area (Å²) in [6, 6.07) is 10.6. The van der Waals surface area contributed by atoms with Gasteiger partial charge >= 0.3 is 0 Å². The van der Waals surface area contributed by atoms with Crippen molar-refractivity contribution >= 4 is 0 Å². The zero-order valence-corrected chi connectivity index (χ0v) is 15.4. The van der Waals surface area contributed by atoms with Crippen LogP contribution in [-0.4, -0.2) is 63.3 Å². The highest BCUT2D eigenvalue weighted by atomic mass is 16.7. The van der Waals surface area contributed by atoms with Crippen LogP contribution in [0.3, 0.4) is 0 Å². The second kappa shape index (κ2) is 13.3. The van der Waals surface area contributed by atoms with Gasteiger partial charge in [-0.2, -0.15) is 5.06 Å². The average Bonchev–Trinajstić information content (AvgIpc) is 3.13. The first-order valence-electron chi connectivity index (χ1n) is 8.89. The van der Waals surface area contributed by atoms with E-state index >= 15 is 0 Å². The van der Waals surface area contributed by atoms with E-state index in [2.05, 4.69) is 42.6 Å². The van der Waals surface area contributed by atoms with Crippen LogP contribution in [0.25, 0.3) is 0 Å². The molecule has 1 aromatic rings. The molecule has 5 nitrogen and oxygen atoms in total. The lowest BCUT2D eigenvalue weighted by Gasteiger charge is -2.22. The third-order valence-corrected chi connectivity index (χ3v) is 4.10. The van der Waals surface area contributed by atoms with Crippen molar-refractivity contribution in [3.8, 4) is 0 Å². The van der Waals surface area contributed by atoms with E-state index in [0.717, 1.165) is 52.8 Å². The van der Waals surface area contributed by atoms with Crippen LogP contribution in [0, 0.1) is 5.92 Å². The second-order valence-electron chi connectivity index (χ2n) is 6.23. The molecule has 2 rings (SSSR count). The van der Waals surface area contributed by atoms with Crippen LogP contribution in [0.2, 0.25) is 0 Å². The van der Waals surface area contributed by atoms with Crippen LogP contribution in [-0.2, 0) is 16.0 Å². The number of benzene rings is 1. The van der Waals surface area contributed by atoms with E-state index in [0.29, 0.717) is 5.92 Å².